The van der Waals surface area contributed by atoms with Crippen molar-refractivity contribution in [3.63, 3.8) is 0 Å². The molecule has 2 aromatic rings. The van der Waals surface area contributed by atoms with Crippen LogP contribution in [0.2, 0.25) is 0 Å². The molecule has 0 aliphatic heterocycles. The van der Waals surface area contributed by atoms with Crippen molar-refractivity contribution in [1.82, 2.24) is 0 Å². The number of carbonyl (C=O) groups excluding carboxylic acids is 1. The Morgan fingerprint density at radius 3 is 2.30 bits per heavy atom. The third-order valence-corrected chi connectivity index (χ3v) is 3.15. The molecule has 0 bridgehead atoms. The average molecular weight is 327 g/mol. The van der Waals surface area contributed by atoms with Crippen LogP contribution in [0.1, 0.15) is 21.5 Å². The number of hydrogen-bond donors (Lipinski definition) is 2. The maximum Gasteiger partial charge on any atom is 0.419 e. The lowest BCUT2D eigenvalue weighted by Crippen LogP contribution is -2.15. The predicted molar refractivity (Wildman–Crippen MR) is 76.6 cm³/mol. The molecule has 122 valence electrons. The Balaban J connectivity index is 2.17. The Labute approximate surface area is 129 Å². The van der Waals surface area contributed by atoms with Crippen LogP contribution in [0.3, 0.4) is 0 Å². The summed E-state index contributed by atoms with van der Waals surface area (Å²) in [5.74, 6) is -2.20. The number of aliphatic hydroxyl groups is 1. The van der Waals surface area contributed by atoms with E-state index in [0.717, 1.165) is 11.6 Å². The fourth-order valence-corrected chi connectivity index (χ4v) is 1.97. The standard InChI is InChI=1S/C16H13F4NO2/c17-14-6-3-11(9-13(14)16(18,19)20)15(23)21-12-4-1-10(2-5-12)7-8-22/h1-6,9,22H,7-8H2,(H,21,23). The number of alkyl halides is 3. The highest BCUT2D eigenvalue weighted by atomic mass is 19.4. The maximum absolute atomic E-state index is 13.2. The zero-order valence-corrected chi connectivity index (χ0v) is 11.8. The van der Waals surface area contributed by atoms with Crippen LogP contribution in [-0.4, -0.2) is 17.6 Å². The summed E-state index contributed by atoms with van der Waals surface area (Å²) < 4.78 is 51.1. The fraction of sp³-hybridized carbons (Fsp3) is 0.188. The van der Waals surface area contributed by atoms with Gasteiger partial charge < -0.3 is 10.4 Å². The van der Waals surface area contributed by atoms with Crippen LogP contribution in [0.4, 0.5) is 23.2 Å². The Morgan fingerprint density at radius 2 is 1.74 bits per heavy atom. The molecule has 0 aliphatic carbocycles. The van der Waals surface area contributed by atoms with Crippen molar-refractivity contribution in [3.8, 4) is 0 Å². The van der Waals surface area contributed by atoms with Crippen molar-refractivity contribution in [2.45, 2.75) is 12.6 Å². The van der Waals surface area contributed by atoms with Crippen molar-refractivity contribution < 1.29 is 27.5 Å². The molecular formula is C16H13F4NO2. The first-order valence-corrected chi connectivity index (χ1v) is 6.69. The van der Waals surface area contributed by atoms with Gasteiger partial charge in [0, 0.05) is 17.9 Å². The van der Waals surface area contributed by atoms with Crippen LogP contribution in [0.15, 0.2) is 42.5 Å². The molecule has 0 heterocycles. The largest absolute Gasteiger partial charge is 0.419 e. The summed E-state index contributed by atoms with van der Waals surface area (Å²) in [6.45, 7) is -0.0124. The summed E-state index contributed by atoms with van der Waals surface area (Å²) in [6, 6.07) is 8.57. The van der Waals surface area contributed by atoms with E-state index in [1.807, 2.05) is 0 Å². The molecule has 2 N–H and O–H groups in total. The van der Waals surface area contributed by atoms with Gasteiger partial charge in [-0.3, -0.25) is 4.79 Å². The molecule has 0 fully saturated rings. The van der Waals surface area contributed by atoms with Gasteiger partial charge in [0.25, 0.3) is 5.91 Å². The van der Waals surface area contributed by atoms with Gasteiger partial charge in [-0.15, -0.1) is 0 Å². The van der Waals surface area contributed by atoms with Gasteiger partial charge in [0.2, 0.25) is 0 Å². The number of benzene rings is 2. The van der Waals surface area contributed by atoms with Gasteiger partial charge in [-0.2, -0.15) is 13.2 Å². The van der Waals surface area contributed by atoms with Gasteiger partial charge >= 0.3 is 6.18 Å². The van der Waals surface area contributed by atoms with Crippen LogP contribution in [-0.2, 0) is 12.6 Å². The maximum atomic E-state index is 13.2. The molecule has 0 aromatic heterocycles. The highest BCUT2D eigenvalue weighted by molar-refractivity contribution is 6.04. The highest BCUT2D eigenvalue weighted by Crippen LogP contribution is 2.32. The molecule has 0 spiro atoms. The number of aliphatic hydroxyl groups excluding tert-OH is 1. The molecule has 7 heteroatoms. The van der Waals surface area contributed by atoms with Crippen molar-refractivity contribution in [1.29, 1.82) is 0 Å². The Bertz CT molecular complexity index is 696. The number of carbonyl (C=O) groups is 1. The zero-order chi connectivity index (χ0) is 17.0. The second kappa shape index (κ2) is 6.78. The quantitative estimate of drug-likeness (QED) is 0.843. The number of nitrogens with one attached hydrogen (secondary N) is 1. The van der Waals surface area contributed by atoms with E-state index in [-0.39, 0.29) is 12.2 Å². The van der Waals surface area contributed by atoms with Gasteiger partial charge in [-0.1, -0.05) is 12.1 Å². The van der Waals surface area contributed by atoms with Gasteiger partial charge in [0.15, 0.2) is 0 Å². The van der Waals surface area contributed by atoms with E-state index in [1.54, 1.807) is 24.3 Å². The van der Waals surface area contributed by atoms with E-state index in [0.29, 0.717) is 24.2 Å². The van der Waals surface area contributed by atoms with Crippen molar-refractivity contribution >= 4 is 11.6 Å². The van der Waals surface area contributed by atoms with Crippen LogP contribution in [0.25, 0.3) is 0 Å². The molecule has 0 atom stereocenters. The lowest BCUT2D eigenvalue weighted by atomic mass is 10.1. The molecule has 0 saturated heterocycles. The van der Waals surface area contributed by atoms with E-state index in [9.17, 15) is 22.4 Å². The van der Waals surface area contributed by atoms with Crippen molar-refractivity contribution in [2.75, 3.05) is 11.9 Å². The van der Waals surface area contributed by atoms with Crippen LogP contribution < -0.4 is 5.32 Å². The second-order valence-corrected chi connectivity index (χ2v) is 4.82. The van der Waals surface area contributed by atoms with Gasteiger partial charge in [-0.05, 0) is 42.3 Å². The third kappa shape index (κ3) is 4.29. The molecular weight excluding hydrogens is 314 g/mol. The smallest absolute Gasteiger partial charge is 0.396 e. The topological polar surface area (TPSA) is 49.3 Å². The summed E-state index contributed by atoms with van der Waals surface area (Å²) in [7, 11) is 0. The molecule has 0 aliphatic rings. The van der Waals surface area contributed by atoms with Crippen molar-refractivity contribution in [3.05, 3.63) is 65.0 Å². The highest BCUT2D eigenvalue weighted by Gasteiger charge is 2.34. The number of amides is 1. The van der Waals surface area contributed by atoms with E-state index in [2.05, 4.69) is 5.32 Å². The first-order valence-electron chi connectivity index (χ1n) is 6.69. The summed E-state index contributed by atoms with van der Waals surface area (Å²) in [5.41, 5.74) is -0.539. The number of halogens is 4. The number of anilines is 1. The van der Waals surface area contributed by atoms with Gasteiger partial charge in [-0.25, -0.2) is 4.39 Å². The third-order valence-electron chi connectivity index (χ3n) is 3.15. The molecule has 23 heavy (non-hydrogen) atoms. The van der Waals surface area contributed by atoms with Crippen LogP contribution >= 0.6 is 0 Å². The SMILES string of the molecule is O=C(Nc1ccc(CCO)cc1)c1ccc(F)c(C(F)(F)F)c1. The molecule has 3 nitrogen and oxygen atoms in total. The van der Waals surface area contributed by atoms with Crippen LogP contribution in [0.5, 0.6) is 0 Å². The minimum atomic E-state index is -4.87. The zero-order valence-electron chi connectivity index (χ0n) is 11.8. The van der Waals surface area contributed by atoms with E-state index >= 15 is 0 Å². The lowest BCUT2D eigenvalue weighted by molar-refractivity contribution is -0.140. The van der Waals surface area contributed by atoms with E-state index < -0.39 is 23.5 Å². The normalized spacial score (nSPS) is 11.3. The predicted octanol–water partition coefficient (Wildman–Crippen LogP) is 3.63. The fourth-order valence-electron chi connectivity index (χ4n) is 1.97. The summed E-state index contributed by atoms with van der Waals surface area (Å²) in [6.07, 6.45) is -4.41. The van der Waals surface area contributed by atoms with E-state index in [4.69, 9.17) is 5.11 Å². The monoisotopic (exact) mass is 327 g/mol. The summed E-state index contributed by atoms with van der Waals surface area (Å²) in [5, 5.41) is 11.2. The average Bonchev–Trinajstić information content (AvgIpc) is 2.48. The molecule has 1 amide bonds. The van der Waals surface area contributed by atoms with Gasteiger partial charge in [0.05, 0.1) is 5.56 Å². The molecule has 2 aromatic carbocycles. The minimum absolute atomic E-state index is 0.0124. The second-order valence-electron chi connectivity index (χ2n) is 4.82. The number of rotatable bonds is 4. The van der Waals surface area contributed by atoms with Crippen LogP contribution in [0, 0.1) is 5.82 Å². The Hall–Kier alpha value is -2.41. The minimum Gasteiger partial charge on any atom is -0.396 e. The summed E-state index contributed by atoms with van der Waals surface area (Å²) >= 11 is 0. The molecule has 0 unspecified atom stereocenters. The molecule has 0 saturated carbocycles. The van der Waals surface area contributed by atoms with Crippen molar-refractivity contribution in [2.24, 2.45) is 0 Å². The Kier molecular flexibility index (Phi) is 5.00. The Morgan fingerprint density at radius 1 is 1.09 bits per heavy atom. The molecule has 0 radical (unpaired) electrons. The lowest BCUT2D eigenvalue weighted by Gasteiger charge is -2.10. The molecule has 2 rings (SSSR count). The first-order chi connectivity index (χ1) is 10.8. The number of hydrogen-bond acceptors (Lipinski definition) is 2. The van der Waals surface area contributed by atoms with E-state index in [1.165, 1.54) is 0 Å². The summed E-state index contributed by atoms with van der Waals surface area (Å²) in [4.78, 5) is 12.0. The first kappa shape index (κ1) is 17.0. The van der Waals surface area contributed by atoms with Gasteiger partial charge in [0.1, 0.15) is 5.82 Å².